The number of fused-ring (bicyclic) bond motifs is 1. The Kier molecular flexibility index (Phi) is 4.64. The summed E-state index contributed by atoms with van der Waals surface area (Å²) in [6.07, 6.45) is 3.37. The molecular formula is C20H11Cl2FN2O2. The van der Waals surface area contributed by atoms with Gasteiger partial charge in [0.25, 0.3) is 0 Å². The van der Waals surface area contributed by atoms with E-state index in [2.05, 4.69) is 9.98 Å². The van der Waals surface area contributed by atoms with Gasteiger partial charge in [0.05, 0.1) is 22.3 Å². The zero-order valence-electron chi connectivity index (χ0n) is 13.7. The van der Waals surface area contributed by atoms with Crippen LogP contribution in [0.1, 0.15) is 10.4 Å². The lowest BCUT2D eigenvalue weighted by atomic mass is 10.00. The minimum atomic E-state index is -0.410. The zero-order chi connectivity index (χ0) is 19.0. The number of benzene rings is 2. The highest BCUT2D eigenvalue weighted by Gasteiger charge is 2.27. The van der Waals surface area contributed by atoms with Gasteiger partial charge in [0.1, 0.15) is 23.0 Å². The molecule has 2 heterocycles. The van der Waals surface area contributed by atoms with Crippen LogP contribution in [0.25, 0.3) is 0 Å². The predicted octanol–water partition coefficient (Wildman–Crippen LogP) is 5.37. The molecule has 7 heteroatoms. The molecule has 0 bridgehead atoms. The van der Waals surface area contributed by atoms with Crippen LogP contribution in [0.4, 0.5) is 4.39 Å². The molecule has 2 aromatic carbocycles. The van der Waals surface area contributed by atoms with E-state index in [0.29, 0.717) is 17.1 Å². The second-order valence-electron chi connectivity index (χ2n) is 5.81. The van der Waals surface area contributed by atoms with Gasteiger partial charge in [-0.2, -0.15) is 0 Å². The van der Waals surface area contributed by atoms with Gasteiger partial charge >= 0.3 is 0 Å². The molecule has 0 aliphatic carbocycles. The van der Waals surface area contributed by atoms with Crippen molar-refractivity contribution < 1.29 is 13.9 Å². The highest BCUT2D eigenvalue weighted by Crippen LogP contribution is 2.30. The molecule has 0 amide bonds. The molecule has 0 radical (unpaired) electrons. The Balaban J connectivity index is 1.60. The molecule has 4 rings (SSSR count). The maximum Gasteiger partial charge on any atom is 0.213 e. The Morgan fingerprint density at radius 3 is 2.70 bits per heavy atom. The van der Waals surface area contributed by atoms with Crippen LogP contribution in [-0.4, -0.2) is 23.8 Å². The molecule has 2 aromatic rings. The Bertz CT molecular complexity index is 1090. The summed E-state index contributed by atoms with van der Waals surface area (Å²) >= 11 is 12.6. The summed E-state index contributed by atoms with van der Waals surface area (Å²) in [5.41, 5.74) is 1.85. The first kappa shape index (κ1) is 17.6. The molecule has 134 valence electrons. The highest BCUT2D eigenvalue weighted by molar-refractivity contribution is 6.65. The number of Topliss-reactive ketones (excluding diaryl/α,β-unsaturated/α-hetero) is 1. The summed E-state index contributed by atoms with van der Waals surface area (Å²) in [6.45, 7) is 0.290. The van der Waals surface area contributed by atoms with Crippen molar-refractivity contribution in [1.29, 1.82) is 0 Å². The van der Waals surface area contributed by atoms with Gasteiger partial charge < -0.3 is 4.74 Å². The molecular weight excluding hydrogens is 390 g/mol. The van der Waals surface area contributed by atoms with E-state index < -0.39 is 5.82 Å². The number of hydrogen-bond donors (Lipinski definition) is 0. The molecule has 2 aliphatic rings. The molecule has 0 unspecified atom stereocenters. The molecule has 0 N–H and O–H groups in total. The lowest BCUT2D eigenvalue weighted by molar-refractivity contribution is 0.106. The lowest BCUT2D eigenvalue weighted by Crippen LogP contribution is -2.23. The third-order valence-electron chi connectivity index (χ3n) is 4.05. The van der Waals surface area contributed by atoms with Gasteiger partial charge in [-0.3, -0.25) is 14.8 Å². The number of halogens is 3. The number of dihydropyridines is 1. The Labute approximate surface area is 164 Å². The van der Waals surface area contributed by atoms with E-state index in [4.69, 9.17) is 27.9 Å². The van der Waals surface area contributed by atoms with E-state index >= 15 is 0 Å². The van der Waals surface area contributed by atoms with Crippen molar-refractivity contribution in [3.8, 4) is 11.5 Å². The molecule has 0 atom stereocenters. The average Bonchev–Trinajstić information content (AvgIpc) is 3.11. The summed E-state index contributed by atoms with van der Waals surface area (Å²) < 4.78 is 18.8. The second-order valence-corrected chi connectivity index (χ2v) is 6.60. The molecule has 4 nitrogen and oxygen atoms in total. The summed E-state index contributed by atoms with van der Waals surface area (Å²) in [5.74, 6) is -0.0823. The van der Waals surface area contributed by atoms with Crippen LogP contribution in [0.15, 0.2) is 75.3 Å². The van der Waals surface area contributed by atoms with Gasteiger partial charge in [0, 0.05) is 29.5 Å². The molecule has 0 aromatic heterocycles. The summed E-state index contributed by atoms with van der Waals surface area (Å²) in [7, 11) is 0. The molecule has 27 heavy (non-hydrogen) atoms. The summed E-state index contributed by atoms with van der Waals surface area (Å²) in [5, 5.41) is 0.447. The van der Waals surface area contributed by atoms with E-state index in [0.717, 1.165) is 5.71 Å². The maximum atomic E-state index is 13.3. The van der Waals surface area contributed by atoms with Crippen LogP contribution in [-0.2, 0) is 0 Å². The SMILES string of the molecule is O=C(C1=NCC2=NC=CC2=C1Cl)c1ccc(Oc2cccc(F)c2)cc1Cl. The minimum absolute atomic E-state index is 0.151. The molecule has 0 spiro atoms. The van der Waals surface area contributed by atoms with Gasteiger partial charge in [0.15, 0.2) is 0 Å². The van der Waals surface area contributed by atoms with Crippen LogP contribution in [0.2, 0.25) is 5.02 Å². The number of ether oxygens (including phenoxy) is 1. The molecule has 0 saturated carbocycles. The number of carbonyl (C=O) groups excluding carboxylic acids is 1. The van der Waals surface area contributed by atoms with E-state index in [-0.39, 0.29) is 33.7 Å². The monoisotopic (exact) mass is 400 g/mol. The van der Waals surface area contributed by atoms with E-state index in [1.165, 1.54) is 30.3 Å². The Morgan fingerprint density at radius 2 is 1.93 bits per heavy atom. The fourth-order valence-electron chi connectivity index (χ4n) is 2.75. The van der Waals surface area contributed by atoms with Gasteiger partial charge in [-0.05, 0) is 30.3 Å². The molecule has 0 saturated heterocycles. The highest BCUT2D eigenvalue weighted by atomic mass is 35.5. The maximum absolute atomic E-state index is 13.3. The van der Waals surface area contributed by atoms with Crippen LogP contribution in [0.5, 0.6) is 11.5 Å². The standard InChI is InChI=1S/C20H11Cl2FN2O2/c21-16-9-13(27-12-3-1-2-11(23)8-12)4-5-14(16)20(26)19-18(22)15-6-7-24-17(15)10-25-19/h1-9H,10H2. The van der Waals surface area contributed by atoms with Gasteiger partial charge in [0.2, 0.25) is 5.78 Å². The number of hydrogen-bond acceptors (Lipinski definition) is 4. The van der Waals surface area contributed by atoms with Crippen LogP contribution < -0.4 is 4.74 Å². The van der Waals surface area contributed by atoms with Crippen molar-refractivity contribution in [3.05, 3.63) is 81.7 Å². The quantitative estimate of drug-likeness (QED) is 0.647. The van der Waals surface area contributed by atoms with Crippen molar-refractivity contribution in [3.63, 3.8) is 0 Å². The summed E-state index contributed by atoms with van der Waals surface area (Å²) in [4.78, 5) is 21.2. The second kappa shape index (κ2) is 7.10. The third-order valence-corrected chi connectivity index (χ3v) is 4.74. The van der Waals surface area contributed by atoms with Crippen LogP contribution >= 0.6 is 23.2 Å². The largest absolute Gasteiger partial charge is 0.457 e. The first-order valence-corrected chi connectivity index (χ1v) is 8.74. The first-order chi connectivity index (χ1) is 13.0. The van der Waals surface area contributed by atoms with Gasteiger partial charge in [-0.25, -0.2) is 4.39 Å². The number of aliphatic imine (C=N–C) groups is 2. The van der Waals surface area contributed by atoms with Crippen molar-refractivity contribution in [1.82, 2.24) is 0 Å². The predicted molar refractivity (Wildman–Crippen MR) is 104 cm³/mol. The van der Waals surface area contributed by atoms with Crippen molar-refractivity contribution >= 4 is 40.4 Å². The third kappa shape index (κ3) is 3.44. The minimum Gasteiger partial charge on any atom is -0.457 e. The van der Waals surface area contributed by atoms with E-state index in [9.17, 15) is 9.18 Å². The topological polar surface area (TPSA) is 51.0 Å². The Morgan fingerprint density at radius 1 is 1.11 bits per heavy atom. The number of carbonyl (C=O) groups is 1. The normalized spacial score (nSPS) is 15.4. The fourth-order valence-corrected chi connectivity index (χ4v) is 3.33. The fraction of sp³-hybridized carbons (Fsp3) is 0.0500. The van der Waals surface area contributed by atoms with Gasteiger partial charge in [-0.1, -0.05) is 29.3 Å². The van der Waals surface area contributed by atoms with Crippen LogP contribution in [0, 0.1) is 5.82 Å². The average molecular weight is 401 g/mol. The number of nitrogens with zero attached hydrogens (tertiary/aromatic N) is 2. The number of allylic oxidation sites excluding steroid dienone is 2. The summed E-state index contributed by atoms with van der Waals surface area (Å²) in [6, 6.07) is 10.3. The Hall–Kier alpha value is -2.76. The van der Waals surface area contributed by atoms with Crippen molar-refractivity contribution in [2.24, 2.45) is 9.98 Å². The van der Waals surface area contributed by atoms with Crippen LogP contribution in [0.3, 0.4) is 0 Å². The zero-order valence-corrected chi connectivity index (χ0v) is 15.3. The van der Waals surface area contributed by atoms with Gasteiger partial charge in [-0.15, -0.1) is 0 Å². The van der Waals surface area contributed by atoms with E-state index in [1.54, 1.807) is 24.4 Å². The number of ketones is 1. The lowest BCUT2D eigenvalue weighted by Gasteiger charge is -2.14. The molecule has 2 aliphatic heterocycles. The number of rotatable bonds is 4. The first-order valence-electron chi connectivity index (χ1n) is 7.99. The smallest absolute Gasteiger partial charge is 0.213 e. The van der Waals surface area contributed by atoms with E-state index in [1.807, 2.05) is 0 Å². The molecule has 0 fully saturated rings. The van der Waals surface area contributed by atoms with Crippen molar-refractivity contribution in [2.45, 2.75) is 0 Å². The van der Waals surface area contributed by atoms with Crippen molar-refractivity contribution in [2.75, 3.05) is 6.54 Å².